The maximum atomic E-state index is 11.0. The molecule has 0 saturated heterocycles. The normalized spacial score (nSPS) is 10.5. The molecule has 0 spiro atoms. The number of ether oxygens (including phenoxy) is 1. The van der Waals surface area contributed by atoms with Crippen LogP contribution in [-0.4, -0.2) is 17.7 Å². The fraction of sp³-hybridized carbons (Fsp3) is 0.462. The predicted molar refractivity (Wildman–Crippen MR) is 63.1 cm³/mol. The molecule has 3 nitrogen and oxygen atoms in total. The summed E-state index contributed by atoms with van der Waals surface area (Å²) < 4.78 is 5.48. The number of benzene rings is 1. The number of carboxylic acids is 1. The number of hydrogen-bond acceptors (Lipinski definition) is 2. The third kappa shape index (κ3) is 3.57. The van der Waals surface area contributed by atoms with Crippen LogP contribution >= 0.6 is 0 Å². The summed E-state index contributed by atoms with van der Waals surface area (Å²) in [5.74, 6) is 0.0701. The number of aromatic carboxylic acids is 1. The molecule has 0 fully saturated rings. The van der Waals surface area contributed by atoms with Crippen LogP contribution in [0.25, 0.3) is 0 Å². The second kappa shape index (κ2) is 5.54. The van der Waals surface area contributed by atoms with Crippen LogP contribution in [0.5, 0.6) is 5.75 Å². The first-order chi connectivity index (χ1) is 7.50. The monoisotopic (exact) mass is 222 g/mol. The third-order valence-electron chi connectivity index (χ3n) is 2.32. The Kier molecular flexibility index (Phi) is 4.35. The second-order valence-corrected chi connectivity index (χ2v) is 4.34. The van der Waals surface area contributed by atoms with E-state index in [1.54, 1.807) is 12.1 Å². The van der Waals surface area contributed by atoms with E-state index in [1.165, 1.54) is 0 Å². The van der Waals surface area contributed by atoms with E-state index < -0.39 is 5.97 Å². The minimum absolute atomic E-state index is 0.240. The van der Waals surface area contributed by atoms with E-state index in [9.17, 15) is 4.79 Å². The van der Waals surface area contributed by atoms with Crippen molar-refractivity contribution in [3.05, 3.63) is 29.3 Å². The lowest BCUT2D eigenvalue weighted by Crippen LogP contribution is -2.06. The van der Waals surface area contributed by atoms with Crippen LogP contribution in [-0.2, 0) is 0 Å². The van der Waals surface area contributed by atoms with E-state index in [4.69, 9.17) is 9.84 Å². The van der Waals surface area contributed by atoms with Gasteiger partial charge < -0.3 is 9.84 Å². The van der Waals surface area contributed by atoms with Crippen molar-refractivity contribution in [1.29, 1.82) is 0 Å². The lowest BCUT2D eigenvalue weighted by atomic mass is 10.1. The molecule has 88 valence electrons. The topological polar surface area (TPSA) is 46.5 Å². The molecule has 16 heavy (non-hydrogen) atoms. The first-order valence-corrected chi connectivity index (χ1v) is 5.47. The number of carboxylic acid groups (broad SMARTS) is 1. The molecule has 1 N–H and O–H groups in total. The first kappa shape index (κ1) is 12.6. The van der Waals surface area contributed by atoms with Crippen LogP contribution in [0.2, 0.25) is 0 Å². The summed E-state index contributed by atoms with van der Waals surface area (Å²) in [5, 5.41) is 9.02. The van der Waals surface area contributed by atoms with E-state index in [0.717, 1.165) is 12.0 Å². The van der Waals surface area contributed by atoms with Crippen LogP contribution in [0, 0.1) is 12.8 Å². The molecule has 0 radical (unpaired) electrons. The van der Waals surface area contributed by atoms with Gasteiger partial charge in [-0.05, 0) is 31.4 Å². The molecule has 0 bridgehead atoms. The van der Waals surface area contributed by atoms with E-state index in [1.807, 2.05) is 13.0 Å². The second-order valence-electron chi connectivity index (χ2n) is 4.34. The summed E-state index contributed by atoms with van der Waals surface area (Å²) in [6, 6.07) is 5.21. The Labute approximate surface area is 96.1 Å². The van der Waals surface area contributed by atoms with Crippen molar-refractivity contribution in [1.82, 2.24) is 0 Å². The van der Waals surface area contributed by atoms with Gasteiger partial charge in [-0.1, -0.05) is 25.5 Å². The van der Waals surface area contributed by atoms with Gasteiger partial charge >= 0.3 is 5.97 Å². The number of aryl methyl sites for hydroxylation is 1. The molecule has 0 saturated carbocycles. The highest BCUT2D eigenvalue weighted by atomic mass is 16.5. The Balaban J connectivity index is 2.75. The maximum absolute atomic E-state index is 11.0. The van der Waals surface area contributed by atoms with Gasteiger partial charge in [0.15, 0.2) is 0 Å². The lowest BCUT2D eigenvalue weighted by molar-refractivity contribution is 0.0692. The van der Waals surface area contributed by atoms with Gasteiger partial charge in [-0.3, -0.25) is 0 Å². The van der Waals surface area contributed by atoms with Gasteiger partial charge in [0.25, 0.3) is 0 Å². The van der Waals surface area contributed by atoms with Crippen molar-refractivity contribution in [3.63, 3.8) is 0 Å². The molecule has 1 aromatic carbocycles. The molecule has 0 aliphatic heterocycles. The largest absolute Gasteiger partial charge is 0.493 e. The van der Waals surface area contributed by atoms with Gasteiger partial charge in [0.2, 0.25) is 0 Å². The molecular weight excluding hydrogens is 204 g/mol. The molecule has 0 heterocycles. The van der Waals surface area contributed by atoms with Crippen molar-refractivity contribution in [2.75, 3.05) is 6.61 Å². The zero-order valence-corrected chi connectivity index (χ0v) is 9.99. The zero-order chi connectivity index (χ0) is 12.1. The van der Waals surface area contributed by atoms with Crippen LogP contribution in [0.3, 0.4) is 0 Å². The standard InChI is InChI=1S/C13H18O3/c1-9(2)6-7-16-12-5-4-10(3)8-11(12)13(14)15/h4-5,8-9H,6-7H2,1-3H3,(H,14,15). The van der Waals surface area contributed by atoms with Crippen LogP contribution in [0.1, 0.15) is 36.2 Å². The molecule has 0 aromatic heterocycles. The minimum Gasteiger partial charge on any atom is -0.493 e. The van der Waals surface area contributed by atoms with Crippen molar-refractivity contribution >= 4 is 5.97 Å². The molecule has 1 rings (SSSR count). The molecule has 0 aliphatic rings. The van der Waals surface area contributed by atoms with Crippen molar-refractivity contribution in [3.8, 4) is 5.75 Å². The van der Waals surface area contributed by atoms with Crippen molar-refractivity contribution < 1.29 is 14.6 Å². The average molecular weight is 222 g/mol. The Morgan fingerprint density at radius 3 is 2.69 bits per heavy atom. The minimum atomic E-state index is -0.941. The number of hydrogen-bond donors (Lipinski definition) is 1. The third-order valence-corrected chi connectivity index (χ3v) is 2.32. The van der Waals surface area contributed by atoms with E-state index in [0.29, 0.717) is 18.3 Å². The van der Waals surface area contributed by atoms with Crippen LogP contribution in [0.15, 0.2) is 18.2 Å². The summed E-state index contributed by atoms with van der Waals surface area (Å²) in [6.07, 6.45) is 0.924. The summed E-state index contributed by atoms with van der Waals surface area (Å²) in [5.41, 5.74) is 1.16. The highest BCUT2D eigenvalue weighted by Crippen LogP contribution is 2.20. The average Bonchev–Trinajstić information content (AvgIpc) is 2.19. The van der Waals surface area contributed by atoms with Crippen LogP contribution in [0.4, 0.5) is 0 Å². The highest BCUT2D eigenvalue weighted by molar-refractivity contribution is 5.91. The van der Waals surface area contributed by atoms with E-state index in [-0.39, 0.29) is 5.56 Å². The van der Waals surface area contributed by atoms with Gasteiger partial charge in [-0.2, -0.15) is 0 Å². The maximum Gasteiger partial charge on any atom is 0.339 e. The quantitative estimate of drug-likeness (QED) is 0.832. The number of rotatable bonds is 5. The predicted octanol–water partition coefficient (Wildman–Crippen LogP) is 3.12. The molecule has 1 aromatic rings. The fourth-order valence-electron chi connectivity index (χ4n) is 1.34. The Morgan fingerprint density at radius 1 is 1.44 bits per heavy atom. The first-order valence-electron chi connectivity index (χ1n) is 5.47. The Hall–Kier alpha value is -1.51. The van der Waals surface area contributed by atoms with Crippen molar-refractivity contribution in [2.24, 2.45) is 5.92 Å². The fourth-order valence-corrected chi connectivity index (χ4v) is 1.34. The van der Waals surface area contributed by atoms with Crippen LogP contribution < -0.4 is 4.74 Å². The summed E-state index contributed by atoms with van der Waals surface area (Å²) in [7, 11) is 0. The van der Waals surface area contributed by atoms with Gasteiger partial charge in [-0.15, -0.1) is 0 Å². The molecular formula is C13H18O3. The Morgan fingerprint density at radius 2 is 2.12 bits per heavy atom. The molecule has 0 atom stereocenters. The SMILES string of the molecule is Cc1ccc(OCCC(C)C)c(C(=O)O)c1. The molecule has 0 amide bonds. The van der Waals surface area contributed by atoms with Crippen molar-refractivity contribution in [2.45, 2.75) is 27.2 Å². The zero-order valence-electron chi connectivity index (χ0n) is 9.99. The molecule has 3 heteroatoms. The Bertz CT molecular complexity index is 369. The smallest absolute Gasteiger partial charge is 0.339 e. The van der Waals surface area contributed by atoms with Gasteiger partial charge in [0, 0.05) is 0 Å². The molecule has 0 aliphatic carbocycles. The summed E-state index contributed by atoms with van der Waals surface area (Å²) >= 11 is 0. The molecule has 0 unspecified atom stereocenters. The summed E-state index contributed by atoms with van der Waals surface area (Å²) in [6.45, 7) is 6.64. The summed E-state index contributed by atoms with van der Waals surface area (Å²) in [4.78, 5) is 11.0. The van der Waals surface area contributed by atoms with E-state index in [2.05, 4.69) is 13.8 Å². The highest BCUT2D eigenvalue weighted by Gasteiger charge is 2.11. The lowest BCUT2D eigenvalue weighted by Gasteiger charge is -2.10. The van der Waals surface area contributed by atoms with Gasteiger partial charge in [0.05, 0.1) is 6.61 Å². The van der Waals surface area contributed by atoms with Gasteiger partial charge in [-0.25, -0.2) is 4.79 Å². The van der Waals surface area contributed by atoms with E-state index >= 15 is 0 Å². The number of carbonyl (C=O) groups is 1. The van der Waals surface area contributed by atoms with Gasteiger partial charge in [0.1, 0.15) is 11.3 Å².